The number of amides is 1. The third-order valence-electron chi connectivity index (χ3n) is 5.45. The Kier molecular flexibility index (Phi) is 5.26. The zero-order chi connectivity index (χ0) is 21.3. The molecule has 1 aliphatic rings. The lowest BCUT2D eigenvalue weighted by atomic mass is 10.2. The first kappa shape index (κ1) is 19.7. The van der Waals surface area contributed by atoms with Gasteiger partial charge in [-0.05, 0) is 18.2 Å². The largest absolute Gasteiger partial charge is 0.496 e. The number of hydrogen-bond acceptors (Lipinski definition) is 6. The van der Waals surface area contributed by atoms with E-state index in [1.807, 2.05) is 30.3 Å². The molecule has 9 nitrogen and oxygen atoms in total. The summed E-state index contributed by atoms with van der Waals surface area (Å²) in [4.78, 5) is 46.6. The minimum absolute atomic E-state index is 0.184. The number of pyridine rings is 1. The van der Waals surface area contributed by atoms with Gasteiger partial charge in [0.25, 0.3) is 5.56 Å². The van der Waals surface area contributed by atoms with Crippen LogP contribution in [0.3, 0.4) is 0 Å². The van der Waals surface area contributed by atoms with Crippen molar-refractivity contribution in [2.24, 2.45) is 7.05 Å². The molecule has 156 valence electrons. The molecule has 0 aliphatic carbocycles. The Morgan fingerprint density at radius 1 is 1.07 bits per heavy atom. The molecule has 0 unspecified atom stereocenters. The minimum Gasteiger partial charge on any atom is -0.496 e. The summed E-state index contributed by atoms with van der Waals surface area (Å²) in [6.07, 6.45) is 1.47. The summed E-state index contributed by atoms with van der Waals surface area (Å²) in [5.41, 5.74) is 0.187. The first-order valence-corrected chi connectivity index (χ1v) is 9.71. The SMILES string of the molecule is COc1ccnc2c1c(=O)n(CC(=O)N1CCN(c3ccccc3)CC1)c(=O)n2C. The normalized spacial score (nSPS) is 14.2. The fourth-order valence-electron chi connectivity index (χ4n) is 3.78. The topological polar surface area (TPSA) is 89.7 Å². The van der Waals surface area contributed by atoms with Gasteiger partial charge in [-0.3, -0.25) is 14.2 Å². The van der Waals surface area contributed by atoms with Crippen LogP contribution in [0, 0.1) is 0 Å². The molecule has 2 aromatic heterocycles. The van der Waals surface area contributed by atoms with E-state index in [0.29, 0.717) is 31.9 Å². The van der Waals surface area contributed by atoms with Crippen molar-refractivity contribution < 1.29 is 9.53 Å². The Morgan fingerprint density at radius 3 is 2.43 bits per heavy atom. The van der Waals surface area contributed by atoms with Gasteiger partial charge in [0.15, 0.2) is 5.65 Å². The third kappa shape index (κ3) is 3.42. The van der Waals surface area contributed by atoms with Gasteiger partial charge in [-0.15, -0.1) is 0 Å². The van der Waals surface area contributed by atoms with Crippen LogP contribution in [0.4, 0.5) is 5.69 Å². The predicted octanol–water partition coefficient (Wildman–Crippen LogP) is 0.453. The Hall–Kier alpha value is -3.62. The number of carbonyl (C=O) groups is 1. The number of para-hydroxylation sites is 1. The van der Waals surface area contributed by atoms with E-state index in [2.05, 4.69) is 9.88 Å². The second-order valence-corrected chi connectivity index (χ2v) is 7.15. The van der Waals surface area contributed by atoms with E-state index in [1.54, 1.807) is 11.0 Å². The van der Waals surface area contributed by atoms with Crippen molar-refractivity contribution in [1.82, 2.24) is 19.0 Å². The molecule has 4 rings (SSSR count). The number of hydrogen-bond donors (Lipinski definition) is 0. The van der Waals surface area contributed by atoms with Crippen LogP contribution in [0.2, 0.25) is 0 Å². The highest BCUT2D eigenvalue weighted by molar-refractivity contribution is 5.82. The highest BCUT2D eigenvalue weighted by atomic mass is 16.5. The van der Waals surface area contributed by atoms with Gasteiger partial charge in [-0.25, -0.2) is 14.3 Å². The highest BCUT2D eigenvalue weighted by Gasteiger charge is 2.24. The van der Waals surface area contributed by atoms with Gasteiger partial charge in [0.1, 0.15) is 17.7 Å². The number of carbonyl (C=O) groups excluding carboxylic acids is 1. The number of nitrogens with zero attached hydrogens (tertiary/aromatic N) is 5. The summed E-state index contributed by atoms with van der Waals surface area (Å²) in [6.45, 7) is 2.13. The lowest BCUT2D eigenvalue weighted by molar-refractivity contribution is -0.132. The number of rotatable bonds is 4. The number of anilines is 1. The highest BCUT2D eigenvalue weighted by Crippen LogP contribution is 2.18. The molecule has 0 radical (unpaired) electrons. The molecule has 1 aromatic carbocycles. The Bertz CT molecular complexity index is 1190. The van der Waals surface area contributed by atoms with Crippen molar-refractivity contribution in [2.75, 3.05) is 38.2 Å². The van der Waals surface area contributed by atoms with Gasteiger partial charge in [-0.1, -0.05) is 18.2 Å². The van der Waals surface area contributed by atoms with Crippen molar-refractivity contribution in [3.8, 4) is 5.75 Å². The molecule has 0 N–H and O–H groups in total. The smallest absolute Gasteiger partial charge is 0.332 e. The number of aromatic nitrogens is 3. The van der Waals surface area contributed by atoms with Crippen LogP contribution in [-0.2, 0) is 18.4 Å². The van der Waals surface area contributed by atoms with Crippen LogP contribution in [0.5, 0.6) is 5.75 Å². The van der Waals surface area contributed by atoms with Crippen molar-refractivity contribution >= 4 is 22.6 Å². The van der Waals surface area contributed by atoms with Crippen molar-refractivity contribution in [2.45, 2.75) is 6.54 Å². The molecule has 0 spiro atoms. The van der Waals surface area contributed by atoms with E-state index in [0.717, 1.165) is 10.3 Å². The minimum atomic E-state index is -0.579. The molecule has 30 heavy (non-hydrogen) atoms. The molecule has 3 heterocycles. The summed E-state index contributed by atoms with van der Waals surface area (Å²) >= 11 is 0. The van der Waals surface area contributed by atoms with E-state index in [1.165, 1.54) is 24.9 Å². The molecular formula is C21H23N5O4. The summed E-state index contributed by atoms with van der Waals surface area (Å²) in [6, 6.07) is 11.6. The molecule has 3 aromatic rings. The second kappa shape index (κ2) is 8.02. The van der Waals surface area contributed by atoms with Crippen LogP contribution in [0.15, 0.2) is 52.2 Å². The summed E-state index contributed by atoms with van der Waals surface area (Å²) in [5, 5.41) is 0.184. The number of piperazine rings is 1. The fourth-order valence-corrected chi connectivity index (χ4v) is 3.78. The maximum Gasteiger partial charge on any atom is 0.332 e. The van der Waals surface area contributed by atoms with Crippen molar-refractivity contribution in [1.29, 1.82) is 0 Å². The summed E-state index contributed by atoms with van der Waals surface area (Å²) < 4.78 is 7.48. The maximum atomic E-state index is 13.0. The van der Waals surface area contributed by atoms with Gasteiger partial charge in [0.2, 0.25) is 5.91 Å². The number of aryl methyl sites for hydroxylation is 1. The molecule has 9 heteroatoms. The van der Waals surface area contributed by atoms with Crippen LogP contribution in [0.25, 0.3) is 11.0 Å². The quantitative estimate of drug-likeness (QED) is 0.622. The zero-order valence-electron chi connectivity index (χ0n) is 16.9. The lowest BCUT2D eigenvalue weighted by Gasteiger charge is -2.36. The Balaban J connectivity index is 1.57. The molecule has 0 saturated carbocycles. The zero-order valence-corrected chi connectivity index (χ0v) is 16.9. The van der Waals surface area contributed by atoms with E-state index in [-0.39, 0.29) is 23.5 Å². The van der Waals surface area contributed by atoms with Crippen LogP contribution >= 0.6 is 0 Å². The monoisotopic (exact) mass is 409 g/mol. The van der Waals surface area contributed by atoms with Crippen LogP contribution < -0.4 is 20.9 Å². The van der Waals surface area contributed by atoms with Gasteiger partial charge >= 0.3 is 5.69 Å². The average Bonchev–Trinajstić information content (AvgIpc) is 2.80. The first-order valence-electron chi connectivity index (χ1n) is 9.71. The predicted molar refractivity (Wildman–Crippen MR) is 113 cm³/mol. The molecule has 1 saturated heterocycles. The first-order chi connectivity index (χ1) is 14.5. The van der Waals surface area contributed by atoms with E-state index < -0.39 is 11.2 Å². The Labute approximate surface area is 172 Å². The van der Waals surface area contributed by atoms with Crippen LogP contribution in [0.1, 0.15) is 0 Å². The number of methoxy groups -OCH3 is 1. The van der Waals surface area contributed by atoms with Crippen LogP contribution in [-0.4, -0.2) is 58.2 Å². The van der Waals surface area contributed by atoms with Gasteiger partial charge in [-0.2, -0.15) is 0 Å². The standard InChI is InChI=1S/C21H23N5O4/c1-23-19-18(16(30-2)8-9-22-19)20(28)26(21(23)29)14-17(27)25-12-10-24(11-13-25)15-6-4-3-5-7-15/h3-9H,10-14H2,1-2H3. The third-order valence-corrected chi connectivity index (χ3v) is 5.45. The van der Waals surface area contributed by atoms with Gasteiger partial charge < -0.3 is 14.5 Å². The van der Waals surface area contributed by atoms with E-state index in [4.69, 9.17) is 4.74 Å². The van der Waals surface area contributed by atoms with Crippen molar-refractivity contribution in [3.05, 3.63) is 63.4 Å². The summed E-state index contributed by atoms with van der Waals surface area (Å²) in [7, 11) is 2.97. The lowest BCUT2D eigenvalue weighted by Crippen LogP contribution is -2.51. The number of benzene rings is 1. The fraction of sp³-hybridized carbons (Fsp3) is 0.333. The van der Waals surface area contributed by atoms with Gasteiger partial charge in [0, 0.05) is 45.1 Å². The average molecular weight is 409 g/mol. The van der Waals surface area contributed by atoms with Crippen molar-refractivity contribution in [3.63, 3.8) is 0 Å². The molecule has 0 atom stereocenters. The van der Waals surface area contributed by atoms with Gasteiger partial charge in [0.05, 0.1) is 7.11 Å². The maximum absolute atomic E-state index is 13.0. The molecule has 1 aliphatic heterocycles. The molecule has 1 fully saturated rings. The van der Waals surface area contributed by atoms with E-state index in [9.17, 15) is 14.4 Å². The van der Waals surface area contributed by atoms with E-state index >= 15 is 0 Å². The number of fused-ring (bicyclic) bond motifs is 1. The number of ether oxygens (including phenoxy) is 1. The molecule has 0 bridgehead atoms. The Morgan fingerprint density at radius 2 is 1.77 bits per heavy atom. The molecular weight excluding hydrogens is 386 g/mol. The second-order valence-electron chi connectivity index (χ2n) is 7.15. The molecule has 1 amide bonds. The summed E-state index contributed by atoms with van der Waals surface area (Å²) in [5.74, 6) is 0.0578.